The van der Waals surface area contributed by atoms with Crippen molar-refractivity contribution in [2.45, 2.75) is 31.7 Å². The number of nitriles is 1. The maximum Gasteiger partial charge on any atom is 0.149 e. The summed E-state index contributed by atoms with van der Waals surface area (Å²) < 4.78 is 17.9. The van der Waals surface area contributed by atoms with Crippen LogP contribution in [-0.2, 0) is 0 Å². The molecule has 1 aliphatic rings. The number of hydrogen-bond acceptors (Lipinski definition) is 6. The van der Waals surface area contributed by atoms with Crippen LogP contribution in [0.5, 0.6) is 0 Å². The fourth-order valence-corrected chi connectivity index (χ4v) is 4.49. The summed E-state index contributed by atoms with van der Waals surface area (Å²) in [5, 5.41) is 25.2. The molecular formula is C25H25FN8. The van der Waals surface area contributed by atoms with Gasteiger partial charge in [0.2, 0.25) is 0 Å². The van der Waals surface area contributed by atoms with Gasteiger partial charge in [0.1, 0.15) is 17.7 Å². The number of rotatable bonds is 6. The molecule has 1 saturated carbocycles. The van der Waals surface area contributed by atoms with Crippen LogP contribution < -0.4 is 11.1 Å². The minimum absolute atomic E-state index is 0.0130. The van der Waals surface area contributed by atoms with Gasteiger partial charge in [0.15, 0.2) is 0 Å². The summed E-state index contributed by atoms with van der Waals surface area (Å²) in [6, 6.07) is 16.4. The molecule has 34 heavy (non-hydrogen) atoms. The first-order valence-corrected chi connectivity index (χ1v) is 11.4. The molecule has 2 atom stereocenters. The van der Waals surface area contributed by atoms with Crippen molar-refractivity contribution in [3.63, 3.8) is 0 Å². The molecule has 0 saturated heterocycles. The maximum absolute atomic E-state index is 14.4. The van der Waals surface area contributed by atoms with Crippen LogP contribution in [0.4, 0.5) is 10.2 Å². The van der Waals surface area contributed by atoms with E-state index >= 15 is 0 Å². The predicted octanol–water partition coefficient (Wildman–Crippen LogP) is 4.06. The van der Waals surface area contributed by atoms with Gasteiger partial charge in [0, 0.05) is 24.2 Å². The molecule has 0 amide bonds. The Labute approximate surface area is 196 Å². The number of aromatic nitrogens is 5. The topological polar surface area (TPSA) is 110 Å². The van der Waals surface area contributed by atoms with Gasteiger partial charge in [-0.25, -0.2) is 13.8 Å². The van der Waals surface area contributed by atoms with Crippen molar-refractivity contribution >= 4 is 5.82 Å². The molecule has 8 nitrogen and oxygen atoms in total. The highest BCUT2D eigenvalue weighted by atomic mass is 19.1. The van der Waals surface area contributed by atoms with Crippen molar-refractivity contribution in [1.82, 2.24) is 24.8 Å². The SMILES string of the molecule is N#Cc1ccc(-c2cc(NC[C@H]3CCC[C@H](N)C3)nn2-c2ccc(-n3ccnn3)cc2)cc1F. The zero-order chi connectivity index (χ0) is 23.5. The second-order valence-corrected chi connectivity index (χ2v) is 8.67. The lowest BCUT2D eigenvalue weighted by Crippen LogP contribution is -2.31. The third-order valence-electron chi connectivity index (χ3n) is 6.27. The fourth-order valence-electron chi connectivity index (χ4n) is 4.49. The predicted molar refractivity (Wildman–Crippen MR) is 127 cm³/mol. The summed E-state index contributed by atoms with van der Waals surface area (Å²) in [6.07, 6.45) is 7.78. The molecule has 172 valence electrons. The average molecular weight is 457 g/mol. The Bertz CT molecular complexity index is 1300. The Kier molecular flexibility index (Phi) is 6.06. The van der Waals surface area contributed by atoms with Crippen molar-refractivity contribution in [2.24, 2.45) is 11.7 Å². The molecule has 0 aliphatic heterocycles. The summed E-state index contributed by atoms with van der Waals surface area (Å²) in [4.78, 5) is 0. The smallest absolute Gasteiger partial charge is 0.149 e. The van der Waals surface area contributed by atoms with E-state index in [2.05, 4.69) is 15.6 Å². The van der Waals surface area contributed by atoms with E-state index in [0.29, 0.717) is 17.3 Å². The molecule has 1 fully saturated rings. The van der Waals surface area contributed by atoms with Crippen LogP contribution >= 0.6 is 0 Å². The van der Waals surface area contributed by atoms with E-state index in [1.807, 2.05) is 36.4 Å². The van der Waals surface area contributed by atoms with Crippen molar-refractivity contribution in [1.29, 1.82) is 5.26 Å². The number of nitrogens with one attached hydrogen (secondary N) is 1. The summed E-state index contributed by atoms with van der Waals surface area (Å²) in [7, 11) is 0. The van der Waals surface area contributed by atoms with Crippen LogP contribution in [-0.4, -0.2) is 37.4 Å². The number of halogens is 1. The maximum atomic E-state index is 14.4. The second kappa shape index (κ2) is 9.45. The molecule has 2 aromatic heterocycles. The molecule has 0 unspecified atom stereocenters. The van der Waals surface area contributed by atoms with Gasteiger partial charge in [0.05, 0.1) is 35.0 Å². The zero-order valence-corrected chi connectivity index (χ0v) is 18.6. The van der Waals surface area contributed by atoms with Gasteiger partial charge >= 0.3 is 0 Å². The standard InChI is InChI=1S/C25H25FN8/c26-23-13-18(4-5-19(23)15-27)24-14-25(29-16-17-2-1-3-20(28)12-17)31-34(24)22-8-6-21(7-9-22)33-11-10-30-32-33/h4-11,13-14,17,20H,1-3,12,16,28H2,(H,29,31)/t17-,20-/m0/s1. The van der Waals surface area contributed by atoms with Crippen LogP contribution in [0.1, 0.15) is 31.2 Å². The van der Waals surface area contributed by atoms with E-state index in [4.69, 9.17) is 16.1 Å². The third-order valence-corrected chi connectivity index (χ3v) is 6.27. The van der Waals surface area contributed by atoms with Crippen LogP contribution in [0.25, 0.3) is 22.6 Å². The van der Waals surface area contributed by atoms with Gasteiger partial charge in [-0.1, -0.05) is 17.7 Å². The number of nitrogens with two attached hydrogens (primary N) is 1. The highest BCUT2D eigenvalue weighted by Gasteiger charge is 2.20. The van der Waals surface area contributed by atoms with Gasteiger partial charge in [-0.05, 0) is 61.6 Å². The summed E-state index contributed by atoms with van der Waals surface area (Å²) in [6.45, 7) is 0.789. The molecule has 4 aromatic rings. The van der Waals surface area contributed by atoms with E-state index in [9.17, 15) is 4.39 Å². The first-order valence-electron chi connectivity index (χ1n) is 11.4. The highest BCUT2D eigenvalue weighted by molar-refractivity contribution is 5.67. The van der Waals surface area contributed by atoms with E-state index in [0.717, 1.165) is 49.3 Å². The summed E-state index contributed by atoms with van der Waals surface area (Å²) in [5.74, 6) is 0.658. The molecule has 2 heterocycles. The van der Waals surface area contributed by atoms with E-state index in [1.165, 1.54) is 12.1 Å². The van der Waals surface area contributed by atoms with Crippen molar-refractivity contribution in [3.8, 4) is 28.7 Å². The van der Waals surface area contributed by atoms with Gasteiger partial charge in [-0.3, -0.25) is 0 Å². The van der Waals surface area contributed by atoms with Crippen LogP contribution in [0, 0.1) is 23.1 Å². The van der Waals surface area contributed by atoms with Crippen molar-refractivity contribution < 1.29 is 4.39 Å². The Balaban J connectivity index is 1.47. The minimum Gasteiger partial charge on any atom is -0.368 e. The molecule has 5 rings (SSSR count). The zero-order valence-electron chi connectivity index (χ0n) is 18.6. The van der Waals surface area contributed by atoms with Gasteiger partial charge in [-0.2, -0.15) is 5.26 Å². The van der Waals surface area contributed by atoms with Crippen LogP contribution in [0.3, 0.4) is 0 Å². The third kappa shape index (κ3) is 4.54. The molecule has 1 aliphatic carbocycles. The lowest BCUT2D eigenvalue weighted by molar-refractivity contribution is 0.335. The lowest BCUT2D eigenvalue weighted by atomic mass is 9.86. The number of anilines is 1. The average Bonchev–Trinajstić information content (AvgIpc) is 3.54. The second-order valence-electron chi connectivity index (χ2n) is 8.67. The number of hydrogen-bond donors (Lipinski definition) is 2. The Morgan fingerprint density at radius 2 is 1.94 bits per heavy atom. The number of nitrogens with zero attached hydrogens (tertiary/aromatic N) is 6. The van der Waals surface area contributed by atoms with Crippen molar-refractivity contribution in [3.05, 3.63) is 72.3 Å². The highest BCUT2D eigenvalue weighted by Crippen LogP contribution is 2.29. The van der Waals surface area contributed by atoms with E-state index in [-0.39, 0.29) is 11.6 Å². The quantitative estimate of drug-likeness (QED) is 0.453. The van der Waals surface area contributed by atoms with Crippen LogP contribution in [0.2, 0.25) is 0 Å². The molecule has 9 heteroatoms. The lowest BCUT2D eigenvalue weighted by Gasteiger charge is -2.26. The largest absolute Gasteiger partial charge is 0.368 e. The van der Waals surface area contributed by atoms with Crippen molar-refractivity contribution in [2.75, 3.05) is 11.9 Å². The van der Waals surface area contributed by atoms with Gasteiger partial charge < -0.3 is 11.1 Å². The Hall–Kier alpha value is -4.03. The molecular weight excluding hydrogens is 431 g/mol. The first kappa shape index (κ1) is 21.8. The summed E-state index contributed by atoms with van der Waals surface area (Å²) >= 11 is 0. The Morgan fingerprint density at radius 1 is 1.12 bits per heavy atom. The van der Waals surface area contributed by atoms with Gasteiger partial charge in [0.25, 0.3) is 0 Å². The van der Waals surface area contributed by atoms with E-state index in [1.54, 1.807) is 27.8 Å². The van der Waals surface area contributed by atoms with Crippen LogP contribution in [0.15, 0.2) is 60.9 Å². The number of benzene rings is 2. The summed E-state index contributed by atoms with van der Waals surface area (Å²) in [5.41, 5.74) is 9.20. The molecule has 3 N–H and O–H groups in total. The molecule has 0 bridgehead atoms. The normalized spacial score (nSPS) is 17.9. The minimum atomic E-state index is -0.556. The molecule has 0 spiro atoms. The van der Waals surface area contributed by atoms with E-state index < -0.39 is 5.82 Å². The first-order chi connectivity index (χ1) is 16.6. The van der Waals surface area contributed by atoms with Gasteiger partial charge in [-0.15, -0.1) is 10.2 Å². The molecule has 0 radical (unpaired) electrons. The molecule has 2 aromatic carbocycles. The fraction of sp³-hybridized carbons (Fsp3) is 0.280. The Morgan fingerprint density at radius 3 is 2.65 bits per heavy atom. The monoisotopic (exact) mass is 456 g/mol.